The topological polar surface area (TPSA) is 63.9 Å². The highest BCUT2D eigenvalue weighted by atomic mass is 35.5. The van der Waals surface area contributed by atoms with Crippen molar-refractivity contribution in [2.45, 2.75) is 5.50 Å². The molecule has 0 aliphatic heterocycles. The van der Waals surface area contributed by atoms with Gasteiger partial charge < -0.3 is 15.3 Å². The van der Waals surface area contributed by atoms with Gasteiger partial charge in [0.1, 0.15) is 5.50 Å². The van der Waals surface area contributed by atoms with Gasteiger partial charge in [-0.25, -0.2) is 0 Å². The number of aliphatic hydroxyl groups is 3. The van der Waals surface area contributed by atoms with Crippen LogP contribution in [-0.2, 0) is 0 Å². The maximum absolute atomic E-state index is 8.62. The minimum atomic E-state index is -0.519. The normalized spacial score (nSPS) is 13.9. The molecule has 0 aliphatic carbocycles. The van der Waals surface area contributed by atoms with Crippen molar-refractivity contribution in [1.82, 2.24) is 4.90 Å². The van der Waals surface area contributed by atoms with Gasteiger partial charge in [-0.1, -0.05) is 0 Å². The molecule has 0 rings (SSSR count). The van der Waals surface area contributed by atoms with E-state index in [0.717, 1.165) is 0 Å². The molecule has 3 N–H and O–H groups in total. The molecule has 11 heavy (non-hydrogen) atoms. The van der Waals surface area contributed by atoms with Crippen LogP contribution in [0.5, 0.6) is 0 Å². The second-order valence-corrected chi connectivity index (χ2v) is 2.60. The Labute approximate surface area is 71.0 Å². The lowest BCUT2D eigenvalue weighted by Crippen LogP contribution is -2.38. The Bertz CT molecular complexity index is 87.9. The smallest absolute Gasteiger partial charge is 0.109 e. The van der Waals surface area contributed by atoms with Crippen LogP contribution in [0, 0.1) is 0 Å². The van der Waals surface area contributed by atoms with Gasteiger partial charge in [-0.3, -0.25) is 4.90 Å². The van der Waals surface area contributed by atoms with Crippen molar-refractivity contribution in [1.29, 1.82) is 0 Å². The number of aliphatic hydroxyl groups excluding tert-OH is 3. The molecule has 1 atom stereocenters. The molecule has 0 aromatic carbocycles. The number of halogens is 1. The molecular formula is C6H14ClNO3. The zero-order chi connectivity index (χ0) is 8.69. The molecule has 0 saturated carbocycles. The number of hydrogen-bond donors (Lipinski definition) is 3. The van der Waals surface area contributed by atoms with Crippen molar-refractivity contribution in [2.24, 2.45) is 0 Å². The molecule has 4 nitrogen and oxygen atoms in total. The molecule has 0 aromatic rings. The summed E-state index contributed by atoms with van der Waals surface area (Å²) in [5.41, 5.74) is -0.519. The van der Waals surface area contributed by atoms with E-state index in [4.69, 9.17) is 26.9 Å². The third kappa shape index (κ3) is 4.55. The van der Waals surface area contributed by atoms with Gasteiger partial charge in [0.05, 0.1) is 19.8 Å². The predicted molar refractivity (Wildman–Crippen MR) is 42.5 cm³/mol. The second-order valence-electron chi connectivity index (χ2n) is 2.10. The summed E-state index contributed by atoms with van der Waals surface area (Å²) in [6.45, 7) is 0.512. The molecule has 0 aliphatic rings. The van der Waals surface area contributed by atoms with E-state index in [1.165, 1.54) is 0 Å². The molecule has 5 heteroatoms. The molecule has 0 aromatic heterocycles. The minimum absolute atomic E-state index is 0.0246. The van der Waals surface area contributed by atoms with Crippen molar-refractivity contribution in [3.8, 4) is 0 Å². The lowest BCUT2D eigenvalue weighted by Gasteiger charge is -2.23. The van der Waals surface area contributed by atoms with Crippen LogP contribution in [0.2, 0.25) is 0 Å². The highest BCUT2D eigenvalue weighted by Crippen LogP contribution is 2.01. The van der Waals surface area contributed by atoms with Crippen molar-refractivity contribution >= 4 is 11.6 Å². The Morgan fingerprint density at radius 3 is 1.82 bits per heavy atom. The van der Waals surface area contributed by atoms with Gasteiger partial charge in [-0.15, -0.1) is 11.6 Å². The van der Waals surface area contributed by atoms with E-state index in [1.807, 2.05) is 0 Å². The number of rotatable bonds is 6. The SMILES string of the molecule is OCCN(CCO)C(Cl)CO. The van der Waals surface area contributed by atoms with Crippen LogP contribution in [-0.4, -0.2) is 58.6 Å². The molecule has 1 unspecified atom stereocenters. The summed E-state index contributed by atoms with van der Waals surface area (Å²) < 4.78 is 0. The first-order valence-corrected chi connectivity index (χ1v) is 3.90. The van der Waals surface area contributed by atoms with Gasteiger partial charge in [-0.05, 0) is 0 Å². The summed E-state index contributed by atoms with van der Waals surface area (Å²) in [6, 6.07) is 0. The Morgan fingerprint density at radius 2 is 1.55 bits per heavy atom. The van der Waals surface area contributed by atoms with Crippen LogP contribution >= 0.6 is 11.6 Å². The van der Waals surface area contributed by atoms with E-state index in [0.29, 0.717) is 13.1 Å². The molecule has 0 heterocycles. The van der Waals surface area contributed by atoms with Crippen LogP contribution in [0.3, 0.4) is 0 Å². The third-order valence-electron chi connectivity index (χ3n) is 1.32. The third-order valence-corrected chi connectivity index (χ3v) is 1.74. The van der Waals surface area contributed by atoms with Crippen LogP contribution in [0.15, 0.2) is 0 Å². The van der Waals surface area contributed by atoms with Crippen LogP contribution in [0.1, 0.15) is 0 Å². The maximum atomic E-state index is 8.62. The average Bonchev–Trinajstić information content (AvgIpc) is 2.03. The van der Waals surface area contributed by atoms with E-state index in [-0.39, 0.29) is 19.8 Å². The average molecular weight is 184 g/mol. The van der Waals surface area contributed by atoms with Gasteiger partial charge in [0, 0.05) is 13.1 Å². The van der Waals surface area contributed by atoms with Gasteiger partial charge in [0.15, 0.2) is 0 Å². The van der Waals surface area contributed by atoms with E-state index in [1.54, 1.807) is 4.90 Å². The van der Waals surface area contributed by atoms with Gasteiger partial charge in [-0.2, -0.15) is 0 Å². The second kappa shape index (κ2) is 6.82. The lowest BCUT2D eigenvalue weighted by molar-refractivity contribution is 0.119. The van der Waals surface area contributed by atoms with Crippen LogP contribution < -0.4 is 0 Å². The first-order chi connectivity index (χ1) is 5.26. The largest absolute Gasteiger partial charge is 0.395 e. The minimum Gasteiger partial charge on any atom is -0.395 e. The highest BCUT2D eigenvalue weighted by molar-refractivity contribution is 6.20. The quantitative estimate of drug-likeness (QED) is 0.359. The fraction of sp³-hybridized carbons (Fsp3) is 1.00. The Morgan fingerprint density at radius 1 is 1.09 bits per heavy atom. The van der Waals surface area contributed by atoms with Crippen molar-refractivity contribution < 1.29 is 15.3 Å². The van der Waals surface area contributed by atoms with Crippen molar-refractivity contribution in [2.75, 3.05) is 32.9 Å². The summed E-state index contributed by atoms with van der Waals surface area (Å²) >= 11 is 5.64. The summed E-state index contributed by atoms with van der Waals surface area (Å²) in [5.74, 6) is 0. The number of alkyl halides is 1. The summed E-state index contributed by atoms with van der Waals surface area (Å²) in [6.07, 6.45) is 0. The standard InChI is InChI=1S/C6H14ClNO3/c7-6(5-11)8(1-3-9)2-4-10/h6,9-11H,1-5H2. The fourth-order valence-corrected chi connectivity index (χ4v) is 0.960. The molecule has 0 spiro atoms. The molecular weight excluding hydrogens is 170 g/mol. The molecule has 0 fully saturated rings. The van der Waals surface area contributed by atoms with E-state index in [9.17, 15) is 0 Å². The monoisotopic (exact) mass is 183 g/mol. The van der Waals surface area contributed by atoms with E-state index in [2.05, 4.69) is 0 Å². The van der Waals surface area contributed by atoms with E-state index >= 15 is 0 Å². The van der Waals surface area contributed by atoms with Crippen LogP contribution in [0.25, 0.3) is 0 Å². The van der Waals surface area contributed by atoms with Gasteiger partial charge in [0.25, 0.3) is 0 Å². The molecule has 0 saturated heterocycles. The Kier molecular flexibility index (Phi) is 6.90. The summed E-state index contributed by atoms with van der Waals surface area (Å²) in [5, 5.41) is 25.7. The summed E-state index contributed by atoms with van der Waals surface area (Å²) in [7, 11) is 0. The Hall–Kier alpha value is 0.130. The number of hydrogen-bond acceptors (Lipinski definition) is 4. The predicted octanol–water partition coefficient (Wildman–Crippen LogP) is -1.17. The van der Waals surface area contributed by atoms with Crippen molar-refractivity contribution in [3.63, 3.8) is 0 Å². The molecule has 0 radical (unpaired) electrons. The summed E-state index contributed by atoms with van der Waals surface area (Å²) in [4.78, 5) is 1.60. The highest BCUT2D eigenvalue weighted by Gasteiger charge is 2.12. The van der Waals surface area contributed by atoms with Crippen molar-refractivity contribution in [3.05, 3.63) is 0 Å². The zero-order valence-corrected chi connectivity index (χ0v) is 7.04. The first-order valence-electron chi connectivity index (χ1n) is 3.47. The lowest BCUT2D eigenvalue weighted by atomic mass is 10.4. The van der Waals surface area contributed by atoms with E-state index < -0.39 is 5.50 Å². The van der Waals surface area contributed by atoms with Crippen LogP contribution in [0.4, 0.5) is 0 Å². The molecule has 0 amide bonds. The first kappa shape index (κ1) is 11.1. The Balaban J connectivity index is 3.66. The fourth-order valence-electron chi connectivity index (χ4n) is 0.764. The zero-order valence-electron chi connectivity index (χ0n) is 6.28. The molecule has 0 bridgehead atoms. The molecule has 68 valence electrons. The number of nitrogens with zero attached hydrogens (tertiary/aromatic N) is 1. The van der Waals surface area contributed by atoms with Gasteiger partial charge in [0.2, 0.25) is 0 Å². The maximum Gasteiger partial charge on any atom is 0.109 e. The van der Waals surface area contributed by atoms with Gasteiger partial charge >= 0.3 is 0 Å².